The molecule has 6 nitrogen and oxygen atoms in total. The van der Waals surface area contributed by atoms with Crippen LogP contribution in [0.15, 0.2) is 5.38 Å². The molecule has 7 heteroatoms. The second-order valence-corrected chi connectivity index (χ2v) is 7.59. The Morgan fingerprint density at radius 2 is 2.04 bits per heavy atom. The molecule has 1 fully saturated rings. The number of carbonyl (C=O) groups is 2. The van der Waals surface area contributed by atoms with Gasteiger partial charge in [-0.3, -0.25) is 0 Å². The van der Waals surface area contributed by atoms with Gasteiger partial charge in [-0.25, -0.2) is 14.6 Å². The number of carboxylic acid groups (broad SMARTS) is 1. The van der Waals surface area contributed by atoms with Gasteiger partial charge >= 0.3 is 12.0 Å². The molecule has 128 valence electrons. The molecule has 2 amide bonds. The topological polar surface area (TPSA) is 82.5 Å². The Labute approximate surface area is 140 Å². The van der Waals surface area contributed by atoms with Crippen molar-refractivity contribution in [3.63, 3.8) is 0 Å². The molecule has 0 radical (unpaired) electrons. The van der Waals surface area contributed by atoms with Crippen LogP contribution in [0, 0.1) is 5.92 Å². The molecule has 1 aromatic rings. The lowest BCUT2D eigenvalue weighted by atomic mass is 10.1. The van der Waals surface area contributed by atoms with Gasteiger partial charge in [-0.15, -0.1) is 11.3 Å². The Balaban J connectivity index is 2.05. The quantitative estimate of drug-likeness (QED) is 0.800. The van der Waals surface area contributed by atoms with Crippen LogP contribution in [-0.2, 0) is 11.3 Å². The van der Waals surface area contributed by atoms with Gasteiger partial charge < -0.3 is 15.3 Å². The van der Waals surface area contributed by atoms with Crippen LogP contribution in [0.25, 0.3) is 0 Å². The molecule has 2 N–H and O–H groups in total. The van der Waals surface area contributed by atoms with Crippen LogP contribution in [0.5, 0.6) is 0 Å². The molecule has 0 aliphatic heterocycles. The van der Waals surface area contributed by atoms with E-state index >= 15 is 0 Å². The predicted molar refractivity (Wildman–Crippen MR) is 89.6 cm³/mol. The number of aromatic nitrogens is 1. The van der Waals surface area contributed by atoms with E-state index in [2.05, 4.69) is 24.1 Å². The first-order chi connectivity index (χ1) is 10.8. The average Bonchev–Trinajstić information content (AvgIpc) is 3.19. The third-order valence-corrected chi connectivity index (χ3v) is 5.05. The lowest BCUT2D eigenvalue weighted by Crippen LogP contribution is -2.50. The van der Waals surface area contributed by atoms with Crippen LogP contribution in [0.2, 0.25) is 0 Å². The van der Waals surface area contributed by atoms with Gasteiger partial charge in [0.25, 0.3) is 0 Å². The number of carboxylic acids is 1. The second-order valence-electron chi connectivity index (χ2n) is 6.70. The first-order valence-corrected chi connectivity index (χ1v) is 8.91. The number of nitrogens with zero attached hydrogens (tertiary/aromatic N) is 2. The number of rotatable bonds is 7. The maximum Gasteiger partial charge on any atom is 0.326 e. The summed E-state index contributed by atoms with van der Waals surface area (Å²) < 4.78 is 0. The molecule has 0 spiro atoms. The monoisotopic (exact) mass is 339 g/mol. The molecule has 1 heterocycles. The highest BCUT2D eigenvalue weighted by Gasteiger charge is 2.35. The number of amides is 2. The van der Waals surface area contributed by atoms with E-state index in [0.717, 1.165) is 23.5 Å². The van der Waals surface area contributed by atoms with Crippen molar-refractivity contribution in [2.45, 2.75) is 65.1 Å². The number of aliphatic carboxylic acids is 1. The standard InChI is InChI=1S/C16H25N3O3S/c1-9(2)13(15(20)21)18-16(22)19(12-5-6-12)7-11-8-23-14(17-11)10(3)4/h8-10,12-13H,5-7H2,1-4H3,(H,18,22)(H,20,21)/t13-/m0/s1. The lowest BCUT2D eigenvalue weighted by molar-refractivity contribution is -0.140. The van der Waals surface area contributed by atoms with Crippen LogP contribution in [0.1, 0.15) is 57.2 Å². The van der Waals surface area contributed by atoms with Crippen molar-refractivity contribution in [3.05, 3.63) is 16.1 Å². The first kappa shape index (κ1) is 17.7. The summed E-state index contributed by atoms with van der Waals surface area (Å²) >= 11 is 1.60. The molecule has 0 aromatic carbocycles. The molecule has 1 saturated carbocycles. The highest BCUT2D eigenvalue weighted by Crippen LogP contribution is 2.29. The Bertz CT molecular complexity index is 567. The molecular weight excluding hydrogens is 314 g/mol. The maximum atomic E-state index is 12.5. The van der Waals surface area contributed by atoms with E-state index in [4.69, 9.17) is 0 Å². The summed E-state index contributed by atoms with van der Waals surface area (Å²) in [6, 6.07) is -0.987. The van der Waals surface area contributed by atoms with Gasteiger partial charge in [0.2, 0.25) is 0 Å². The largest absolute Gasteiger partial charge is 0.480 e. The number of nitrogens with one attached hydrogen (secondary N) is 1. The molecule has 2 rings (SSSR count). The maximum absolute atomic E-state index is 12.5. The third-order valence-electron chi connectivity index (χ3n) is 3.86. The molecule has 0 unspecified atom stereocenters. The zero-order valence-electron chi connectivity index (χ0n) is 14.1. The minimum absolute atomic E-state index is 0.163. The molecule has 1 aliphatic carbocycles. The van der Waals surface area contributed by atoms with Gasteiger partial charge in [0.05, 0.1) is 17.2 Å². The van der Waals surface area contributed by atoms with Crippen molar-refractivity contribution >= 4 is 23.3 Å². The highest BCUT2D eigenvalue weighted by atomic mass is 32.1. The molecular formula is C16H25N3O3S. The summed E-state index contributed by atoms with van der Waals surface area (Å²) in [6.45, 7) is 8.19. The van der Waals surface area contributed by atoms with Crippen LogP contribution in [-0.4, -0.2) is 39.1 Å². The van der Waals surface area contributed by atoms with E-state index in [1.807, 2.05) is 5.38 Å². The molecule has 0 bridgehead atoms. The van der Waals surface area contributed by atoms with E-state index in [-0.39, 0.29) is 18.0 Å². The minimum atomic E-state index is -1.00. The van der Waals surface area contributed by atoms with E-state index in [0.29, 0.717) is 12.5 Å². The van der Waals surface area contributed by atoms with Crippen molar-refractivity contribution in [2.75, 3.05) is 0 Å². The van der Waals surface area contributed by atoms with Crippen molar-refractivity contribution < 1.29 is 14.7 Å². The Kier molecular flexibility index (Phi) is 5.62. The molecule has 1 atom stereocenters. The van der Waals surface area contributed by atoms with Crippen molar-refractivity contribution in [3.8, 4) is 0 Å². The Hall–Kier alpha value is -1.63. The SMILES string of the molecule is CC(C)c1nc(CN(C(=O)N[C@H](C(=O)O)C(C)C)C2CC2)cs1. The molecule has 1 aliphatic rings. The molecule has 23 heavy (non-hydrogen) atoms. The predicted octanol–water partition coefficient (Wildman–Crippen LogP) is 3.05. The lowest BCUT2D eigenvalue weighted by Gasteiger charge is -2.26. The fourth-order valence-electron chi connectivity index (χ4n) is 2.32. The van der Waals surface area contributed by atoms with E-state index in [1.54, 1.807) is 30.1 Å². The Morgan fingerprint density at radius 3 is 2.48 bits per heavy atom. The summed E-state index contributed by atoms with van der Waals surface area (Å²) in [7, 11) is 0. The van der Waals surface area contributed by atoms with Crippen molar-refractivity contribution in [1.29, 1.82) is 0 Å². The summed E-state index contributed by atoms with van der Waals surface area (Å²) in [5.41, 5.74) is 0.872. The third kappa shape index (κ3) is 4.67. The Morgan fingerprint density at radius 1 is 1.39 bits per heavy atom. The fourth-order valence-corrected chi connectivity index (χ4v) is 3.14. The second kappa shape index (κ2) is 7.29. The number of hydrogen-bond donors (Lipinski definition) is 2. The number of thiazole rings is 1. The van der Waals surface area contributed by atoms with Gasteiger partial charge in [0, 0.05) is 17.3 Å². The summed E-state index contributed by atoms with van der Waals surface area (Å²) in [5, 5.41) is 14.9. The summed E-state index contributed by atoms with van der Waals surface area (Å²) in [5.74, 6) is -0.793. The van der Waals surface area contributed by atoms with Crippen LogP contribution in [0.4, 0.5) is 4.79 Å². The van der Waals surface area contributed by atoms with Crippen LogP contribution >= 0.6 is 11.3 Å². The van der Waals surface area contributed by atoms with Crippen molar-refractivity contribution in [2.24, 2.45) is 5.92 Å². The minimum Gasteiger partial charge on any atom is -0.480 e. The highest BCUT2D eigenvalue weighted by molar-refractivity contribution is 7.09. The first-order valence-electron chi connectivity index (χ1n) is 8.03. The average molecular weight is 339 g/mol. The van der Waals surface area contributed by atoms with Gasteiger partial charge in [-0.2, -0.15) is 0 Å². The number of urea groups is 1. The number of hydrogen-bond acceptors (Lipinski definition) is 4. The molecule has 1 aromatic heterocycles. The van der Waals surface area contributed by atoms with Gasteiger partial charge in [0.1, 0.15) is 6.04 Å². The van der Waals surface area contributed by atoms with Crippen molar-refractivity contribution in [1.82, 2.24) is 15.2 Å². The van der Waals surface area contributed by atoms with Gasteiger partial charge in [0.15, 0.2) is 0 Å². The molecule has 0 saturated heterocycles. The summed E-state index contributed by atoms with van der Waals surface area (Å²) in [4.78, 5) is 30.1. The van der Waals surface area contributed by atoms with Crippen LogP contribution < -0.4 is 5.32 Å². The van der Waals surface area contributed by atoms with E-state index in [9.17, 15) is 14.7 Å². The number of carbonyl (C=O) groups excluding carboxylic acids is 1. The van der Waals surface area contributed by atoms with E-state index < -0.39 is 12.0 Å². The van der Waals surface area contributed by atoms with E-state index in [1.165, 1.54) is 0 Å². The van der Waals surface area contributed by atoms with Gasteiger partial charge in [-0.05, 0) is 18.8 Å². The fraction of sp³-hybridized carbons (Fsp3) is 0.688. The zero-order chi connectivity index (χ0) is 17.1. The van der Waals surface area contributed by atoms with Crippen LogP contribution in [0.3, 0.4) is 0 Å². The summed E-state index contributed by atoms with van der Waals surface area (Å²) in [6.07, 6.45) is 1.93. The normalized spacial score (nSPS) is 15.7. The smallest absolute Gasteiger partial charge is 0.326 e. The van der Waals surface area contributed by atoms with Gasteiger partial charge in [-0.1, -0.05) is 27.7 Å². The zero-order valence-corrected chi connectivity index (χ0v) is 14.9.